The first kappa shape index (κ1) is 15.5. The summed E-state index contributed by atoms with van der Waals surface area (Å²) >= 11 is 1.65. The van der Waals surface area contributed by atoms with E-state index >= 15 is 0 Å². The van der Waals surface area contributed by atoms with Crippen LogP contribution in [0.3, 0.4) is 0 Å². The maximum atomic E-state index is 6.02. The van der Waals surface area contributed by atoms with Crippen LogP contribution in [-0.4, -0.2) is 29.0 Å². The van der Waals surface area contributed by atoms with Crippen LogP contribution in [0.2, 0.25) is 0 Å². The molecule has 6 heteroatoms. The van der Waals surface area contributed by atoms with Crippen LogP contribution in [0.4, 0.5) is 0 Å². The van der Waals surface area contributed by atoms with Gasteiger partial charge in [-0.1, -0.05) is 6.07 Å². The van der Waals surface area contributed by atoms with Crippen LogP contribution in [0.5, 0.6) is 0 Å². The molecular weight excluding hydrogens is 294 g/mol. The van der Waals surface area contributed by atoms with E-state index in [0.717, 1.165) is 48.3 Å². The molecule has 0 spiro atoms. The van der Waals surface area contributed by atoms with E-state index in [4.69, 9.17) is 10.2 Å². The highest BCUT2D eigenvalue weighted by Gasteiger charge is 2.20. The number of likely N-dealkylation sites (tertiary alicyclic amines) is 1. The van der Waals surface area contributed by atoms with Crippen LogP contribution in [0.25, 0.3) is 10.8 Å². The first-order chi connectivity index (χ1) is 9.22. The SMILES string of the molecule is Cc1oc(-c2cccs2)nc1CN1CCC[C@@H](N)C1.Cl. The Morgan fingerprint density at radius 1 is 1.55 bits per heavy atom. The van der Waals surface area contributed by atoms with Crippen molar-refractivity contribution in [2.45, 2.75) is 32.4 Å². The number of rotatable bonds is 3. The number of piperidine rings is 1. The molecule has 3 heterocycles. The Morgan fingerprint density at radius 3 is 3.10 bits per heavy atom. The van der Waals surface area contributed by atoms with Crippen molar-refractivity contribution in [2.75, 3.05) is 13.1 Å². The maximum absolute atomic E-state index is 6.02. The van der Waals surface area contributed by atoms with Gasteiger partial charge in [-0.15, -0.1) is 23.7 Å². The summed E-state index contributed by atoms with van der Waals surface area (Å²) in [7, 11) is 0. The molecule has 0 aliphatic carbocycles. The van der Waals surface area contributed by atoms with Crippen molar-refractivity contribution in [3.05, 3.63) is 29.0 Å². The van der Waals surface area contributed by atoms with Crippen molar-refractivity contribution in [3.63, 3.8) is 0 Å². The molecule has 1 saturated heterocycles. The van der Waals surface area contributed by atoms with E-state index in [1.807, 2.05) is 24.4 Å². The quantitative estimate of drug-likeness (QED) is 0.946. The molecule has 110 valence electrons. The molecule has 0 saturated carbocycles. The van der Waals surface area contributed by atoms with E-state index in [2.05, 4.69) is 9.88 Å². The fraction of sp³-hybridized carbons (Fsp3) is 0.500. The largest absolute Gasteiger partial charge is 0.440 e. The molecule has 4 nitrogen and oxygen atoms in total. The van der Waals surface area contributed by atoms with Gasteiger partial charge in [0.15, 0.2) is 0 Å². The second kappa shape index (κ2) is 6.72. The van der Waals surface area contributed by atoms with Gasteiger partial charge in [-0.3, -0.25) is 4.90 Å². The number of oxazole rings is 1. The summed E-state index contributed by atoms with van der Waals surface area (Å²) in [4.78, 5) is 8.09. The minimum absolute atomic E-state index is 0. The van der Waals surface area contributed by atoms with Crippen LogP contribution in [0, 0.1) is 6.92 Å². The van der Waals surface area contributed by atoms with E-state index in [9.17, 15) is 0 Å². The summed E-state index contributed by atoms with van der Waals surface area (Å²) in [5.41, 5.74) is 7.05. The summed E-state index contributed by atoms with van der Waals surface area (Å²) in [5, 5.41) is 2.04. The Balaban J connectivity index is 0.00000147. The Kier molecular flexibility index (Phi) is 5.21. The lowest BCUT2D eigenvalue weighted by Crippen LogP contribution is -2.42. The molecule has 3 rings (SSSR count). The Morgan fingerprint density at radius 2 is 2.40 bits per heavy atom. The van der Waals surface area contributed by atoms with Crippen molar-refractivity contribution >= 4 is 23.7 Å². The number of hydrogen-bond donors (Lipinski definition) is 1. The van der Waals surface area contributed by atoms with Gasteiger partial charge < -0.3 is 10.2 Å². The Hall–Kier alpha value is -0.880. The first-order valence-corrected chi connectivity index (χ1v) is 7.58. The molecule has 0 radical (unpaired) electrons. The zero-order chi connectivity index (χ0) is 13.2. The van der Waals surface area contributed by atoms with Gasteiger partial charge >= 0.3 is 0 Å². The lowest BCUT2D eigenvalue weighted by Gasteiger charge is -2.29. The lowest BCUT2D eigenvalue weighted by atomic mass is 10.1. The predicted molar refractivity (Wildman–Crippen MR) is 84.3 cm³/mol. The number of nitrogens with zero attached hydrogens (tertiary/aromatic N) is 2. The second-order valence-corrected chi connectivity index (χ2v) is 6.08. The monoisotopic (exact) mass is 313 g/mol. The summed E-state index contributed by atoms with van der Waals surface area (Å²) in [5.74, 6) is 1.66. The number of aryl methyl sites for hydroxylation is 1. The van der Waals surface area contributed by atoms with Crippen LogP contribution in [0.15, 0.2) is 21.9 Å². The molecule has 20 heavy (non-hydrogen) atoms. The van der Waals surface area contributed by atoms with Gasteiger partial charge in [0.2, 0.25) is 5.89 Å². The second-order valence-electron chi connectivity index (χ2n) is 5.14. The highest BCUT2D eigenvalue weighted by Crippen LogP contribution is 2.26. The third-order valence-electron chi connectivity index (χ3n) is 3.54. The van der Waals surface area contributed by atoms with E-state index < -0.39 is 0 Å². The van der Waals surface area contributed by atoms with Crippen molar-refractivity contribution in [1.29, 1.82) is 0 Å². The highest BCUT2D eigenvalue weighted by atomic mass is 35.5. The van der Waals surface area contributed by atoms with Gasteiger partial charge in [-0.2, -0.15) is 0 Å². The van der Waals surface area contributed by atoms with Crippen molar-refractivity contribution in [2.24, 2.45) is 5.73 Å². The van der Waals surface area contributed by atoms with Gasteiger partial charge in [0.05, 0.1) is 10.6 Å². The standard InChI is InChI=1S/C14H19N3OS.ClH/c1-10-12(9-17-6-2-4-11(15)8-17)16-14(18-10)13-5-3-7-19-13;/h3,5,7,11H,2,4,6,8-9,15H2,1H3;1H/t11-;/m1./s1. The Labute approximate surface area is 129 Å². The molecule has 0 unspecified atom stereocenters. The molecular formula is C14H20ClN3OS. The zero-order valence-electron chi connectivity index (χ0n) is 11.5. The molecule has 1 aliphatic rings. The van der Waals surface area contributed by atoms with Crippen molar-refractivity contribution < 1.29 is 4.42 Å². The van der Waals surface area contributed by atoms with Gasteiger partial charge in [0.25, 0.3) is 0 Å². The van der Waals surface area contributed by atoms with Crippen LogP contribution < -0.4 is 5.73 Å². The summed E-state index contributed by atoms with van der Waals surface area (Å²) in [6, 6.07) is 4.36. The van der Waals surface area contributed by atoms with E-state index in [-0.39, 0.29) is 12.4 Å². The normalized spacial score (nSPS) is 19.8. The van der Waals surface area contributed by atoms with Crippen LogP contribution >= 0.6 is 23.7 Å². The molecule has 2 N–H and O–H groups in total. The van der Waals surface area contributed by atoms with Gasteiger partial charge in [-0.25, -0.2) is 4.98 Å². The fourth-order valence-electron chi connectivity index (χ4n) is 2.53. The molecule has 2 aromatic rings. The minimum Gasteiger partial charge on any atom is -0.440 e. The van der Waals surface area contributed by atoms with E-state index in [1.54, 1.807) is 11.3 Å². The topological polar surface area (TPSA) is 55.3 Å². The average Bonchev–Trinajstić information content (AvgIpc) is 3.00. The van der Waals surface area contributed by atoms with Gasteiger partial charge in [-0.05, 0) is 37.8 Å². The van der Waals surface area contributed by atoms with Crippen LogP contribution in [-0.2, 0) is 6.54 Å². The number of nitrogens with two attached hydrogens (primary N) is 1. The molecule has 0 bridgehead atoms. The Bertz CT molecular complexity index is 541. The van der Waals surface area contributed by atoms with E-state index in [1.165, 1.54) is 6.42 Å². The molecule has 1 aliphatic heterocycles. The number of aromatic nitrogens is 1. The number of hydrogen-bond acceptors (Lipinski definition) is 5. The van der Waals surface area contributed by atoms with Crippen molar-refractivity contribution in [1.82, 2.24) is 9.88 Å². The third kappa shape index (κ3) is 3.41. The summed E-state index contributed by atoms with van der Waals surface area (Å²) < 4.78 is 5.77. The average molecular weight is 314 g/mol. The highest BCUT2D eigenvalue weighted by molar-refractivity contribution is 7.13. The molecule has 1 fully saturated rings. The molecule has 0 amide bonds. The number of thiophene rings is 1. The lowest BCUT2D eigenvalue weighted by molar-refractivity contribution is 0.199. The molecule has 1 atom stereocenters. The third-order valence-corrected chi connectivity index (χ3v) is 4.40. The zero-order valence-corrected chi connectivity index (χ0v) is 13.2. The first-order valence-electron chi connectivity index (χ1n) is 6.70. The minimum atomic E-state index is 0. The van der Waals surface area contributed by atoms with Crippen molar-refractivity contribution in [3.8, 4) is 10.8 Å². The fourth-order valence-corrected chi connectivity index (χ4v) is 3.18. The summed E-state index contributed by atoms with van der Waals surface area (Å²) in [6.45, 7) is 4.90. The number of halogens is 1. The van der Waals surface area contributed by atoms with Gasteiger partial charge in [0.1, 0.15) is 5.76 Å². The maximum Gasteiger partial charge on any atom is 0.236 e. The smallest absolute Gasteiger partial charge is 0.236 e. The molecule has 2 aromatic heterocycles. The summed E-state index contributed by atoms with van der Waals surface area (Å²) in [6.07, 6.45) is 2.31. The molecule has 0 aromatic carbocycles. The van der Waals surface area contributed by atoms with Crippen LogP contribution in [0.1, 0.15) is 24.3 Å². The van der Waals surface area contributed by atoms with E-state index in [0.29, 0.717) is 6.04 Å². The van der Waals surface area contributed by atoms with Gasteiger partial charge in [0, 0.05) is 19.1 Å². The predicted octanol–water partition coefficient (Wildman–Crippen LogP) is 3.06.